The summed E-state index contributed by atoms with van der Waals surface area (Å²) in [5, 5.41) is 12.0. The molecular weight excluding hydrogens is 338 g/mol. The van der Waals surface area contributed by atoms with Gasteiger partial charge in [0.15, 0.2) is 0 Å². The lowest BCUT2D eigenvalue weighted by molar-refractivity contribution is 0.185. The second-order valence-corrected chi connectivity index (χ2v) is 6.62. The first-order valence-corrected chi connectivity index (χ1v) is 7.88. The minimum absolute atomic E-state index is 0.618. The van der Waals surface area contributed by atoms with Crippen molar-refractivity contribution in [2.24, 2.45) is 0 Å². The minimum Gasteiger partial charge on any atom is -0.399 e. The number of nitrogens with two attached hydrogens (primary N) is 1. The lowest BCUT2D eigenvalue weighted by Gasteiger charge is -2.09. The van der Waals surface area contributed by atoms with Crippen LogP contribution in [-0.4, -0.2) is 14.7 Å². The van der Waals surface area contributed by atoms with Crippen molar-refractivity contribution in [3.63, 3.8) is 0 Å². The maximum atomic E-state index is 9.94. The molecule has 3 N–H and O–H groups in total. The molecule has 3 rings (SSSR count). The number of thiophene rings is 1. The van der Waals surface area contributed by atoms with E-state index in [1.165, 1.54) is 4.88 Å². The molecule has 3 aromatic rings. The Morgan fingerprint density at radius 1 is 1.45 bits per heavy atom. The molecule has 4 nitrogen and oxygen atoms in total. The van der Waals surface area contributed by atoms with Crippen LogP contribution in [-0.2, 0) is 6.54 Å². The molecule has 0 aliphatic rings. The van der Waals surface area contributed by atoms with Gasteiger partial charge in [-0.2, -0.15) is 0 Å². The summed E-state index contributed by atoms with van der Waals surface area (Å²) in [4.78, 5) is 5.71. The first-order valence-electron chi connectivity index (χ1n) is 6.21. The number of halogens is 1. The Kier molecular flexibility index (Phi) is 3.54. The van der Waals surface area contributed by atoms with E-state index in [-0.39, 0.29) is 0 Å². The van der Waals surface area contributed by atoms with Crippen molar-refractivity contribution in [3.8, 4) is 0 Å². The molecule has 1 aromatic carbocycles. The predicted molar refractivity (Wildman–Crippen MR) is 85.9 cm³/mol. The fourth-order valence-electron chi connectivity index (χ4n) is 2.24. The van der Waals surface area contributed by atoms with Crippen LogP contribution in [0.5, 0.6) is 0 Å². The van der Waals surface area contributed by atoms with E-state index in [9.17, 15) is 5.11 Å². The van der Waals surface area contributed by atoms with E-state index in [2.05, 4.69) is 32.4 Å². The van der Waals surface area contributed by atoms with Gasteiger partial charge >= 0.3 is 0 Å². The SMILES string of the molecule is CC(O)c1nc2cc(N)ccc2n1Cc1cc(Br)cs1. The molecule has 0 fully saturated rings. The second kappa shape index (κ2) is 5.20. The lowest BCUT2D eigenvalue weighted by atomic mass is 10.3. The zero-order chi connectivity index (χ0) is 14.3. The molecule has 0 amide bonds. The molecule has 0 aliphatic carbocycles. The van der Waals surface area contributed by atoms with Crippen LogP contribution >= 0.6 is 27.3 Å². The molecule has 20 heavy (non-hydrogen) atoms. The molecular formula is C14H14BrN3OS. The number of nitrogens with zero attached hydrogens (tertiary/aromatic N) is 2. The molecule has 2 heterocycles. The molecule has 1 atom stereocenters. The van der Waals surface area contributed by atoms with Crippen molar-refractivity contribution >= 4 is 44.0 Å². The Bertz CT molecular complexity index is 763. The Morgan fingerprint density at radius 3 is 2.90 bits per heavy atom. The Balaban J connectivity index is 2.13. The van der Waals surface area contributed by atoms with E-state index >= 15 is 0 Å². The third-order valence-corrected chi connectivity index (χ3v) is 4.79. The van der Waals surface area contributed by atoms with Crippen LogP contribution in [0.3, 0.4) is 0 Å². The fraction of sp³-hybridized carbons (Fsp3) is 0.214. The number of rotatable bonds is 3. The molecule has 0 saturated heterocycles. The highest BCUT2D eigenvalue weighted by Gasteiger charge is 2.15. The highest BCUT2D eigenvalue weighted by Crippen LogP contribution is 2.26. The van der Waals surface area contributed by atoms with Crippen LogP contribution in [0.25, 0.3) is 11.0 Å². The molecule has 0 radical (unpaired) electrons. The number of aliphatic hydroxyl groups excluding tert-OH is 1. The summed E-state index contributed by atoms with van der Waals surface area (Å²) in [7, 11) is 0. The molecule has 2 aromatic heterocycles. The van der Waals surface area contributed by atoms with Crippen LogP contribution in [0.4, 0.5) is 5.69 Å². The van der Waals surface area contributed by atoms with Crippen LogP contribution in [0.1, 0.15) is 23.7 Å². The van der Waals surface area contributed by atoms with Gasteiger partial charge < -0.3 is 15.4 Å². The van der Waals surface area contributed by atoms with Gasteiger partial charge in [-0.15, -0.1) is 11.3 Å². The van der Waals surface area contributed by atoms with Crippen LogP contribution in [0.15, 0.2) is 34.1 Å². The maximum Gasteiger partial charge on any atom is 0.138 e. The van der Waals surface area contributed by atoms with E-state index in [1.807, 2.05) is 22.8 Å². The van der Waals surface area contributed by atoms with Crippen molar-refractivity contribution in [1.29, 1.82) is 0 Å². The molecule has 104 valence electrons. The van der Waals surface area contributed by atoms with Gasteiger partial charge in [0.05, 0.1) is 17.6 Å². The minimum atomic E-state index is -0.618. The summed E-state index contributed by atoms with van der Waals surface area (Å²) in [5.74, 6) is 0.662. The number of imidazole rings is 1. The summed E-state index contributed by atoms with van der Waals surface area (Å²) in [6.07, 6.45) is -0.618. The fourth-order valence-corrected chi connectivity index (χ4v) is 3.68. The van der Waals surface area contributed by atoms with Gasteiger partial charge in [0, 0.05) is 20.4 Å². The smallest absolute Gasteiger partial charge is 0.138 e. The monoisotopic (exact) mass is 351 g/mol. The van der Waals surface area contributed by atoms with Crippen molar-refractivity contribution in [2.45, 2.75) is 19.6 Å². The molecule has 0 bridgehead atoms. The largest absolute Gasteiger partial charge is 0.399 e. The van der Waals surface area contributed by atoms with Crippen molar-refractivity contribution in [2.75, 3.05) is 5.73 Å². The summed E-state index contributed by atoms with van der Waals surface area (Å²) < 4.78 is 3.11. The van der Waals surface area contributed by atoms with Gasteiger partial charge in [0.2, 0.25) is 0 Å². The van der Waals surface area contributed by atoms with Gasteiger partial charge in [-0.1, -0.05) is 0 Å². The van der Waals surface area contributed by atoms with Crippen molar-refractivity contribution in [3.05, 3.63) is 44.8 Å². The number of aliphatic hydroxyl groups is 1. The number of fused-ring (bicyclic) bond motifs is 1. The van der Waals surface area contributed by atoms with Gasteiger partial charge in [-0.3, -0.25) is 0 Å². The second-order valence-electron chi connectivity index (χ2n) is 4.71. The van der Waals surface area contributed by atoms with Gasteiger partial charge in [0.1, 0.15) is 11.9 Å². The third-order valence-electron chi connectivity index (χ3n) is 3.11. The number of nitrogen functional groups attached to an aromatic ring is 1. The Hall–Kier alpha value is -1.37. The average molecular weight is 352 g/mol. The predicted octanol–water partition coefficient (Wildman–Crippen LogP) is 3.54. The third kappa shape index (κ3) is 2.46. The van der Waals surface area contributed by atoms with E-state index < -0.39 is 6.10 Å². The van der Waals surface area contributed by atoms with E-state index in [0.29, 0.717) is 18.1 Å². The summed E-state index contributed by atoms with van der Waals surface area (Å²) in [5.41, 5.74) is 8.28. The molecule has 0 saturated carbocycles. The Morgan fingerprint density at radius 2 is 2.25 bits per heavy atom. The number of aromatic nitrogens is 2. The first-order chi connectivity index (χ1) is 9.54. The molecule has 1 unspecified atom stereocenters. The van der Waals surface area contributed by atoms with Gasteiger partial charge in [0.25, 0.3) is 0 Å². The zero-order valence-corrected chi connectivity index (χ0v) is 13.3. The highest BCUT2D eigenvalue weighted by atomic mass is 79.9. The standard InChI is InChI=1S/C14H14BrN3OS/c1-8(19)14-17-12-5-10(16)2-3-13(12)18(14)6-11-4-9(15)7-20-11/h2-5,7-8,19H,6,16H2,1H3. The molecule has 6 heteroatoms. The van der Waals surface area contributed by atoms with E-state index in [1.54, 1.807) is 18.3 Å². The van der Waals surface area contributed by atoms with Crippen LogP contribution in [0.2, 0.25) is 0 Å². The van der Waals surface area contributed by atoms with Crippen LogP contribution < -0.4 is 5.73 Å². The highest BCUT2D eigenvalue weighted by molar-refractivity contribution is 9.10. The van der Waals surface area contributed by atoms with Gasteiger partial charge in [-0.05, 0) is 47.1 Å². The summed E-state index contributed by atoms with van der Waals surface area (Å²) >= 11 is 5.14. The van der Waals surface area contributed by atoms with E-state index in [4.69, 9.17) is 5.73 Å². The van der Waals surface area contributed by atoms with Gasteiger partial charge in [-0.25, -0.2) is 4.98 Å². The number of hydrogen-bond donors (Lipinski definition) is 2. The Labute approximate surface area is 129 Å². The summed E-state index contributed by atoms with van der Waals surface area (Å²) in [6, 6.07) is 7.73. The number of hydrogen-bond acceptors (Lipinski definition) is 4. The van der Waals surface area contributed by atoms with E-state index in [0.717, 1.165) is 15.5 Å². The normalized spacial score (nSPS) is 12.9. The van der Waals surface area contributed by atoms with Crippen molar-refractivity contribution in [1.82, 2.24) is 9.55 Å². The number of benzene rings is 1. The lowest BCUT2D eigenvalue weighted by Crippen LogP contribution is -2.07. The van der Waals surface area contributed by atoms with Crippen LogP contribution in [0, 0.1) is 0 Å². The summed E-state index contributed by atoms with van der Waals surface area (Å²) in [6.45, 7) is 2.42. The first kappa shape index (κ1) is 13.6. The molecule has 0 aliphatic heterocycles. The molecule has 0 spiro atoms. The topological polar surface area (TPSA) is 64.1 Å². The average Bonchev–Trinajstić information content (AvgIpc) is 2.94. The zero-order valence-electron chi connectivity index (χ0n) is 10.9. The quantitative estimate of drug-likeness (QED) is 0.709. The van der Waals surface area contributed by atoms with Crippen molar-refractivity contribution < 1.29 is 5.11 Å². The maximum absolute atomic E-state index is 9.94. The number of anilines is 1.